The highest BCUT2D eigenvalue weighted by molar-refractivity contribution is 7.84. The number of aryl methyl sites for hydroxylation is 2. The van der Waals surface area contributed by atoms with Crippen molar-refractivity contribution in [2.45, 2.75) is 32.3 Å². The van der Waals surface area contributed by atoms with Crippen LogP contribution in [0, 0.1) is 6.92 Å². The van der Waals surface area contributed by atoms with Gasteiger partial charge in [-0.2, -0.15) is 0 Å². The van der Waals surface area contributed by atoms with Crippen LogP contribution in [-0.4, -0.2) is 47.9 Å². The van der Waals surface area contributed by atoms with Gasteiger partial charge in [-0.15, -0.1) is 0 Å². The van der Waals surface area contributed by atoms with Gasteiger partial charge in [0.2, 0.25) is 11.8 Å². The molecule has 1 aromatic carbocycles. The number of ether oxygens (including phenoxy) is 2. The Kier molecular flexibility index (Phi) is 8.15. The first-order valence-electron chi connectivity index (χ1n) is 8.69. The average Bonchev–Trinajstić information content (AvgIpc) is 3.03. The van der Waals surface area contributed by atoms with Crippen LogP contribution in [0.4, 0.5) is 0 Å². The lowest BCUT2D eigenvalue weighted by molar-refractivity contribution is -0.125. The van der Waals surface area contributed by atoms with Gasteiger partial charge in [-0.05, 0) is 31.0 Å². The molecule has 1 heterocycles. The van der Waals surface area contributed by atoms with Crippen LogP contribution in [0.15, 0.2) is 28.7 Å². The van der Waals surface area contributed by atoms with E-state index in [9.17, 15) is 9.00 Å². The van der Waals surface area contributed by atoms with Crippen molar-refractivity contribution in [3.05, 3.63) is 41.3 Å². The van der Waals surface area contributed by atoms with Gasteiger partial charge in [0.15, 0.2) is 6.29 Å². The van der Waals surface area contributed by atoms with Crippen molar-refractivity contribution in [1.29, 1.82) is 0 Å². The molecule has 7 nitrogen and oxygen atoms in total. The molecule has 1 atom stereocenters. The van der Waals surface area contributed by atoms with Gasteiger partial charge in [-0.25, -0.2) is 4.98 Å². The highest BCUT2D eigenvalue weighted by atomic mass is 32.2. The molecule has 2 aromatic rings. The smallest absolute Gasteiger partial charge is 0.232 e. The summed E-state index contributed by atoms with van der Waals surface area (Å²) in [6.45, 7) is 4.08. The molecule has 0 bridgehead atoms. The second kappa shape index (κ2) is 10.3. The summed E-state index contributed by atoms with van der Waals surface area (Å²) in [6.07, 6.45) is 0.439. The van der Waals surface area contributed by atoms with Crippen molar-refractivity contribution in [3.8, 4) is 11.5 Å². The van der Waals surface area contributed by atoms with Gasteiger partial charge in [-0.3, -0.25) is 9.00 Å². The topological polar surface area (TPSA) is 90.7 Å². The van der Waals surface area contributed by atoms with Gasteiger partial charge < -0.3 is 19.2 Å². The number of hydrogen-bond donors (Lipinski definition) is 1. The standard InChI is InChI=1S/C19H26N2O5S/c1-5-14-6-8-15(9-7-14)19-21-16(13(2)26-19)11-27(23)12-17(22)20-10-18(24-3)25-4/h6-9,18H,5,10-12H2,1-4H3,(H,20,22)/t27-/m1/s1. The molecular formula is C19H26N2O5S. The first-order valence-corrected chi connectivity index (χ1v) is 10.2. The fourth-order valence-electron chi connectivity index (χ4n) is 2.43. The lowest BCUT2D eigenvalue weighted by Crippen LogP contribution is -2.36. The zero-order valence-corrected chi connectivity index (χ0v) is 16.9. The minimum atomic E-state index is -1.39. The molecule has 8 heteroatoms. The molecule has 0 saturated carbocycles. The summed E-state index contributed by atoms with van der Waals surface area (Å²) in [5.41, 5.74) is 2.70. The Morgan fingerprint density at radius 1 is 1.26 bits per heavy atom. The fraction of sp³-hybridized carbons (Fsp3) is 0.474. The second-order valence-electron chi connectivity index (χ2n) is 6.01. The number of nitrogens with zero attached hydrogens (tertiary/aromatic N) is 1. The monoisotopic (exact) mass is 394 g/mol. The fourth-order valence-corrected chi connectivity index (χ4v) is 3.50. The number of methoxy groups -OCH3 is 2. The maximum absolute atomic E-state index is 12.3. The Morgan fingerprint density at radius 3 is 2.52 bits per heavy atom. The van der Waals surface area contributed by atoms with E-state index < -0.39 is 17.1 Å². The molecule has 2 rings (SSSR count). The van der Waals surface area contributed by atoms with E-state index in [1.54, 1.807) is 6.92 Å². The van der Waals surface area contributed by atoms with Gasteiger partial charge in [-0.1, -0.05) is 19.1 Å². The van der Waals surface area contributed by atoms with Gasteiger partial charge >= 0.3 is 0 Å². The van der Waals surface area contributed by atoms with Crippen molar-refractivity contribution in [2.24, 2.45) is 0 Å². The molecule has 148 valence electrons. The normalized spacial score (nSPS) is 12.3. The summed E-state index contributed by atoms with van der Waals surface area (Å²) in [5.74, 6) is 0.816. The molecule has 27 heavy (non-hydrogen) atoms. The molecule has 0 aliphatic heterocycles. The first-order chi connectivity index (χ1) is 13.0. The van der Waals surface area contributed by atoms with E-state index in [1.165, 1.54) is 19.8 Å². The number of amides is 1. The van der Waals surface area contributed by atoms with Crippen LogP contribution in [-0.2, 0) is 37.2 Å². The number of carbonyl (C=O) groups excluding carboxylic acids is 1. The molecule has 1 N–H and O–H groups in total. The van der Waals surface area contributed by atoms with Crippen molar-refractivity contribution >= 4 is 16.7 Å². The number of nitrogens with one attached hydrogen (secondary N) is 1. The van der Waals surface area contributed by atoms with Crippen molar-refractivity contribution in [2.75, 3.05) is 26.5 Å². The maximum Gasteiger partial charge on any atom is 0.232 e. The second-order valence-corrected chi connectivity index (χ2v) is 7.46. The van der Waals surface area contributed by atoms with Crippen LogP contribution in [0.25, 0.3) is 11.5 Å². The van der Waals surface area contributed by atoms with Gasteiger partial charge in [0.1, 0.15) is 11.5 Å². The van der Waals surface area contributed by atoms with Crippen molar-refractivity contribution in [1.82, 2.24) is 10.3 Å². The summed E-state index contributed by atoms with van der Waals surface area (Å²) >= 11 is 0. The van der Waals surface area contributed by atoms with Gasteiger partial charge in [0.05, 0.1) is 18.0 Å². The summed E-state index contributed by atoms with van der Waals surface area (Å²) in [7, 11) is 1.58. The number of rotatable bonds is 10. The van der Waals surface area contributed by atoms with Gasteiger partial charge in [0.25, 0.3) is 0 Å². The molecule has 0 fully saturated rings. The molecular weight excluding hydrogens is 368 g/mol. The van der Waals surface area contributed by atoms with E-state index in [-0.39, 0.29) is 24.0 Å². The number of hydrogen-bond acceptors (Lipinski definition) is 6. The van der Waals surface area contributed by atoms with Crippen LogP contribution in [0.3, 0.4) is 0 Å². The third-order valence-corrected chi connectivity index (χ3v) is 5.26. The molecule has 0 aliphatic rings. The molecule has 0 saturated heterocycles. The zero-order chi connectivity index (χ0) is 19.8. The van der Waals surface area contributed by atoms with E-state index in [4.69, 9.17) is 13.9 Å². The third kappa shape index (κ3) is 6.27. The highest BCUT2D eigenvalue weighted by Gasteiger charge is 2.16. The van der Waals surface area contributed by atoms with Crippen LogP contribution in [0.5, 0.6) is 0 Å². The highest BCUT2D eigenvalue weighted by Crippen LogP contribution is 2.23. The quantitative estimate of drug-likeness (QED) is 0.621. The Morgan fingerprint density at radius 2 is 1.93 bits per heavy atom. The molecule has 0 spiro atoms. The predicted molar refractivity (Wildman–Crippen MR) is 104 cm³/mol. The van der Waals surface area contributed by atoms with E-state index in [0.29, 0.717) is 17.3 Å². The first kappa shape index (κ1) is 21.3. The lowest BCUT2D eigenvalue weighted by Gasteiger charge is -2.13. The van der Waals surface area contributed by atoms with E-state index in [2.05, 4.69) is 17.2 Å². The summed E-state index contributed by atoms with van der Waals surface area (Å²) in [5, 5.41) is 2.63. The number of aromatic nitrogens is 1. The Labute approximate surface area is 161 Å². The van der Waals surface area contributed by atoms with E-state index >= 15 is 0 Å². The Bertz CT molecular complexity index is 769. The molecule has 0 unspecified atom stereocenters. The molecule has 0 aliphatic carbocycles. The maximum atomic E-state index is 12.3. The van der Waals surface area contributed by atoms with Crippen LogP contribution in [0.2, 0.25) is 0 Å². The Balaban J connectivity index is 1.93. The SMILES string of the molecule is CCc1ccc(-c2nc(C[S@@](=O)CC(=O)NCC(OC)OC)c(C)o2)cc1. The summed E-state index contributed by atoms with van der Waals surface area (Å²) in [4.78, 5) is 16.3. The van der Waals surface area contributed by atoms with Gasteiger partial charge in [0, 0.05) is 30.6 Å². The number of benzene rings is 1. The minimum Gasteiger partial charge on any atom is -0.441 e. The molecule has 1 amide bonds. The Hall–Kier alpha value is -2.03. The predicted octanol–water partition coefficient (Wildman–Crippen LogP) is 2.20. The van der Waals surface area contributed by atoms with Crippen molar-refractivity contribution in [3.63, 3.8) is 0 Å². The lowest BCUT2D eigenvalue weighted by atomic mass is 10.1. The average molecular weight is 394 g/mol. The largest absolute Gasteiger partial charge is 0.441 e. The summed E-state index contributed by atoms with van der Waals surface area (Å²) < 4.78 is 28.0. The van der Waals surface area contributed by atoms with Crippen LogP contribution >= 0.6 is 0 Å². The zero-order valence-electron chi connectivity index (χ0n) is 16.1. The van der Waals surface area contributed by atoms with E-state index in [0.717, 1.165) is 12.0 Å². The molecule has 1 aromatic heterocycles. The van der Waals surface area contributed by atoms with E-state index in [1.807, 2.05) is 24.3 Å². The molecule has 0 radical (unpaired) electrons. The van der Waals surface area contributed by atoms with Crippen LogP contribution < -0.4 is 5.32 Å². The number of oxazole rings is 1. The number of carbonyl (C=O) groups is 1. The van der Waals surface area contributed by atoms with Crippen molar-refractivity contribution < 1.29 is 22.9 Å². The minimum absolute atomic E-state index is 0.118. The van der Waals surface area contributed by atoms with Crippen LogP contribution in [0.1, 0.15) is 23.9 Å². The third-order valence-electron chi connectivity index (χ3n) is 4.08. The summed E-state index contributed by atoms with van der Waals surface area (Å²) in [6, 6.07) is 7.98.